The molecular weight excluding hydrogens is 218 g/mol. The van der Waals surface area contributed by atoms with Gasteiger partial charge in [0, 0.05) is 23.1 Å². The summed E-state index contributed by atoms with van der Waals surface area (Å²) in [4.78, 5) is 21.3. The van der Waals surface area contributed by atoms with Crippen LogP contribution in [0.1, 0.15) is 12.8 Å². The highest BCUT2D eigenvalue weighted by Crippen LogP contribution is 2.14. The Morgan fingerprint density at radius 3 is 2.67 bits per heavy atom. The molecule has 0 fully saturated rings. The van der Waals surface area contributed by atoms with E-state index >= 15 is 0 Å². The Kier molecular flexibility index (Phi) is 4.12. The van der Waals surface area contributed by atoms with E-state index in [1.54, 1.807) is 24.3 Å². The van der Waals surface area contributed by atoms with Crippen molar-refractivity contribution in [3.63, 3.8) is 0 Å². The molecule has 5 heteroatoms. The molecule has 1 aromatic carbocycles. The van der Waals surface area contributed by atoms with Gasteiger partial charge >= 0.3 is 0 Å². The van der Waals surface area contributed by atoms with Crippen molar-refractivity contribution in [2.75, 3.05) is 5.32 Å². The van der Waals surface area contributed by atoms with E-state index in [0.29, 0.717) is 10.7 Å². The van der Waals surface area contributed by atoms with Crippen molar-refractivity contribution in [2.24, 2.45) is 0 Å². The molecule has 1 rings (SSSR count). The lowest BCUT2D eigenvalue weighted by Gasteiger charge is -2.05. The molecule has 0 heterocycles. The number of hydrogen-bond acceptors (Lipinski definition) is 3. The number of amides is 1. The van der Waals surface area contributed by atoms with Gasteiger partial charge in [-0.2, -0.15) is 0 Å². The largest absolute Gasteiger partial charge is 0.550 e. The maximum Gasteiger partial charge on any atom is 0.224 e. The van der Waals surface area contributed by atoms with Crippen LogP contribution in [-0.4, -0.2) is 11.9 Å². The van der Waals surface area contributed by atoms with Crippen LogP contribution in [0, 0.1) is 0 Å². The first-order valence-corrected chi connectivity index (χ1v) is 4.71. The Labute approximate surface area is 91.9 Å². The number of carbonyl (C=O) groups is 2. The number of carboxylic acid groups (broad SMARTS) is 1. The lowest BCUT2D eigenvalue weighted by Crippen LogP contribution is -2.24. The Morgan fingerprint density at radius 1 is 1.33 bits per heavy atom. The van der Waals surface area contributed by atoms with Crippen molar-refractivity contribution in [1.29, 1.82) is 0 Å². The highest BCUT2D eigenvalue weighted by atomic mass is 35.5. The zero-order valence-electron chi connectivity index (χ0n) is 7.83. The molecule has 0 aliphatic heterocycles. The number of carboxylic acids is 1. The first kappa shape index (κ1) is 11.5. The van der Waals surface area contributed by atoms with Crippen LogP contribution in [-0.2, 0) is 9.59 Å². The van der Waals surface area contributed by atoms with Crippen molar-refractivity contribution in [3.8, 4) is 0 Å². The number of anilines is 1. The first-order chi connectivity index (χ1) is 7.08. The van der Waals surface area contributed by atoms with Crippen LogP contribution in [0.2, 0.25) is 5.02 Å². The molecule has 0 bridgehead atoms. The monoisotopic (exact) mass is 226 g/mol. The van der Waals surface area contributed by atoms with Gasteiger partial charge in [-0.3, -0.25) is 4.79 Å². The molecule has 0 saturated heterocycles. The zero-order valence-corrected chi connectivity index (χ0v) is 8.58. The average molecular weight is 227 g/mol. The topological polar surface area (TPSA) is 69.2 Å². The van der Waals surface area contributed by atoms with Crippen LogP contribution in [0.3, 0.4) is 0 Å². The van der Waals surface area contributed by atoms with Gasteiger partial charge in [-0.15, -0.1) is 0 Å². The van der Waals surface area contributed by atoms with Gasteiger partial charge in [0.1, 0.15) is 0 Å². The molecule has 1 amide bonds. The highest BCUT2D eigenvalue weighted by molar-refractivity contribution is 6.30. The van der Waals surface area contributed by atoms with Crippen LogP contribution >= 0.6 is 11.6 Å². The van der Waals surface area contributed by atoms with Crippen molar-refractivity contribution >= 4 is 29.2 Å². The Balaban J connectivity index is 2.48. The number of benzene rings is 1. The van der Waals surface area contributed by atoms with E-state index in [1.165, 1.54) is 0 Å². The quantitative estimate of drug-likeness (QED) is 0.826. The maximum absolute atomic E-state index is 11.2. The molecule has 0 aromatic heterocycles. The van der Waals surface area contributed by atoms with Crippen molar-refractivity contribution in [1.82, 2.24) is 0 Å². The van der Waals surface area contributed by atoms with Crippen LogP contribution in [0.25, 0.3) is 0 Å². The number of carbonyl (C=O) groups excluding carboxylic acids is 2. The third kappa shape index (κ3) is 4.46. The van der Waals surface area contributed by atoms with Crippen molar-refractivity contribution < 1.29 is 14.7 Å². The molecule has 1 N–H and O–H groups in total. The van der Waals surface area contributed by atoms with E-state index in [1.807, 2.05) is 0 Å². The minimum absolute atomic E-state index is 0.102. The molecule has 0 atom stereocenters. The van der Waals surface area contributed by atoms with E-state index in [2.05, 4.69) is 5.32 Å². The maximum atomic E-state index is 11.2. The van der Waals surface area contributed by atoms with Gasteiger partial charge in [-0.25, -0.2) is 0 Å². The normalized spacial score (nSPS) is 9.67. The smallest absolute Gasteiger partial charge is 0.224 e. The summed E-state index contributed by atoms with van der Waals surface area (Å²) < 4.78 is 0. The van der Waals surface area contributed by atoms with E-state index in [9.17, 15) is 14.7 Å². The predicted molar refractivity (Wildman–Crippen MR) is 54.3 cm³/mol. The minimum Gasteiger partial charge on any atom is -0.550 e. The zero-order chi connectivity index (χ0) is 11.3. The number of rotatable bonds is 4. The second-order valence-corrected chi connectivity index (χ2v) is 3.37. The van der Waals surface area contributed by atoms with Gasteiger partial charge in [0.2, 0.25) is 5.91 Å². The summed E-state index contributed by atoms with van der Waals surface area (Å²) in [6.07, 6.45) is -0.388. The summed E-state index contributed by atoms with van der Waals surface area (Å²) in [5, 5.41) is 13.1. The van der Waals surface area contributed by atoms with Gasteiger partial charge < -0.3 is 15.2 Å². The molecule has 0 saturated carbocycles. The van der Waals surface area contributed by atoms with Crippen molar-refractivity contribution in [2.45, 2.75) is 12.8 Å². The Bertz CT molecular complexity index is 379. The number of nitrogens with one attached hydrogen (secondary N) is 1. The third-order valence-electron chi connectivity index (χ3n) is 1.66. The van der Waals surface area contributed by atoms with E-state index in [4.69, 9.17) is 11.6 Å². The SMILES string of the molecule is O=C([O-])CCC(=O)Nc1cccc(Cl)c1. The summed E-state index contributed by atoms with van der Waals surface area (Å²) in [6, 6.07) is 6.62. The summed E-state index contributed by atoms with van der Waals surface area (Å²) in [6.45, 7) is 0. The molecule has 15 heavy (non-hydrogen) atoms. The van der Waals surface area contributed by atoms with E-state index in [-0.39, 0.29) is 18.7 Å². The van der Waals surface area contributed by atoms with E-state index in [0.717, 1.165) is 0 Å². The molecule has 1 aromatic rings. The summed E-state index contributed by atoms with van der Waals surface area (Å²) in [7, 11) is 0. The third-order valence-corrected chi connectivity index (χ3v) is 1.90. The predicted octanol–water partition coefficient (Wildman–Crippen LogP) is 0.809. The number of hydrogen-bond donors (Lipinski definition) is 1. The molecule has 0 aliphatic rings. The Morgan fingerprint density at radius 2 is 2.07 bits per heavy atom. The molecule has 0 unspecified atom stereocenters. The summed E-state index contributed by atoms with van der Waals surface area (Å²) in [5.74, 6) is -1.61. The van der Waals surface area contributed by atoms with Gasteiger partial charge in [-0.1, -0.05) is 17.7 Å². The molecule has 0 spiro atoms. The lowest BCUT2D eigenvalue weighted by atomic mass is 10.2. The standard InChI is InChI=1S/C10H10ClNO3/c11-7-2-1-3-8(6-7)12-9(13)4-5-10(14)15/h1-3,6H,4-5H2,(H,12,13)(H,14,15)/p-1. The van der Waals surface area contributed by atoms with Gasteiger partial charge in [-0.05, 0) is 24.6 Å². The van der Waals surface area contributed by atoms with Gasteiger partial charge in [0.25, 0.3) is 0 Å². The highest BCUT2D eigenvalue weighted by Gasteiger charge is 2.02. The molecule has 0 aliphatic carbocycles. The fraction of sp³-hybridized carbons (Fsp3) is 0.200. The van der Waals surface area contributed by atoms with Crippen LogP contribution in [0.15, 0.2) is 24.3 Å². The number of aliphatic carboxylic acids is 1. The van der Waals surface area contributed by atoms with Crippen molar-refractivity contribution in [3.05, 3.63) is 29.3 Å². The lowest BCUT2D eigenvalue weighted by molar-refractivity contribution is -0.305. The van der Waals surface area contributed by atoms with Gasteiger partial charge in [0.05, 0.1) is 0 Å². The fourth-order valence-electron chi connectivity index (χ4n) is 1.01. The van der Waals surface area contributed by atoms with Crippen LogP contribution in [0.4, 0.5) is 5.69 Å². The fourth-order valence-corrected chi connectivity index (χ4v) is 1.20. The first-order valence-electron chi connectivity index (χ1n) is 4.33. The molecule has 80 valence electrons. The summed E-state index contributed by atoms with van der Waals surface area (Å²) in [5.41, 5.74) is 0.547. The summed E-state index contributed by atoms with van der Waals surface area (Å²) >= 11 is 5.70. The Hall–Kier alpha value is -1.55. The second-order valence-electron chi connectivity index (χ2n) is 2.93. The van der Waals surface area contributed by atoms with Crippen LogP contribution in [0.5, 0.6) is 0 Å². The minimum atomic E-state index is -1.24. The molecular formula is C10H9ClNO3-. The average Bonchev–Trinajstić information content (AvgIpc) is 2.15. The van der Waals surface area contributed by atoms with E-state index < -0.39 is 5.97 Å². The van der Waals surface area contributed by atoms with Crippen LogP contribution < -0.4 is 10.4 Å². The molecule has 4 nitrogen and oxygen atoms in total. The molecule has 0 radical (unpaired) electrons. The second kappa shape index (κ2) is 5.36. The van der Waals surface area contributed by atoms with Gasteiger partial charge in [0.15, 0.2) is 0 Å². The number of halogens is 1.